The lowest BCUT2D eigenvalue weighted by Gasteiger charge is -2.16. The molecule has 1 aliphatic heterocycles. The van der Waals surface area contributed by atoms with Crippen LogP contribution in [0.25, 0.3) is 0 Å². The molecule has 1 saturated heterocycles. The Hall–Kier alpha value is -1.36. The van der Waals surface area contributed by atoms with Gasteiger partial charge in [-0.05, 0) is 18.9 Å². The molecular weight excluding hydrogens is 262 g/mol. The van der Waals surface area contributed by atoms with Crippen LogP contribution in [-0.2, 0) is 21.1 Å². The molecular formula is C14H19NO3S. The largest absolute Gasteiger partial charge is 0.341 e. The van der Waals surface area contributed by atoms with Crippen molar-refractivity contribution >= 4 is 15.7 Å². The molecule has 1 aromatic rings. The number of carbonyl (C=O) groups excluding carboxylic acids is 1. The summed E-state index contributed by atoms with van der Waals surface area (Å²) in [6.07, 6.45) is 2.14. The lowest BCUT2D eigenvalue weighted by atomic mass is 10.1. The molecule has 4 nitrogen and oxygen atoms in total. The molecule has 0 spiro atoms. The normalized spacial score (nSPS) is 19.7. The Morgan fingerprint density at radius 1 is 1.42 bits per heavy atom. The third kappa shape index (κ3) is 3.56. The first kappa shape index (κ1) is 14.1. The summed E-state index contributed by atoms with van der Waals surface area (Å²) in [5.41, 5.74) is 2.11. The van der Waals surface area contributed by atoms with Gasteiger partial charge in [0.1, 0.15) is 0 Å². The highest BCUT2D eigenvalue weighted by Gasteiger charge is 2.32. The molecule has 1 unspecified atom stereocenters. The van der Waals surface area contributed by atoms with E-state index < -0.39 is 15.1 Å². The van der Waals surface area contributed by atoms with E-state index in [9.17, 15) is 13.2 Å². The summed E-state index contributed by atoms with van der Waals surface area (Å²) < 4.78 is 22.9. The van der Waals surface area contributed by atoms with Gasteiger partial charge in [0, 0.05) is 19.3 Å². The van der Waals surface area contributed by atoms with Crippen LogP contribution < -0.4 is 0 Å². The van der Waals surface area contributed by atoms with Gasteiger partial charge in [-0.1, -0.05) is 29.8 Å². The van der Waals surface area contributed by atoms with Crippen molar-refractivity contribution < 1.29 is 13.2 Å². The second kappa shape index (κ2) is 5.33. The van der Waals surface area contributed by atoms with E-state index in [1.54, 1.807) is 4.90 Å². The lowest BCUT2D eigenvalue weighted by Crippen LogP contribution is -2.32. The van der Waals surface area contributed by atoms with Crippen molar-refractivity contribution in [2.75, 3.05) is 19.3 Å². The lowest BCUT2D eigenvalue weighted by molar-refractivity contribution is -0.129. The minimum absolute atomic E-state index is 0.0109. The SMILES string of the molecule is Cc1cccc(CC(=O)N2CCC(S(C)(=O)=O)C2)c1. The molecule has 5 heteroatoms. The number of nitrogens with zero attached hydrogens (tertiary/aromatic N) is 1. The van der Waals surface area contributed by atoms with E-state index in [0.29, 0.717) is 25.9 Å². The van der Waals surface area contributed by atoms with Gasteiger partial charge in [0.2, 0.25) is 5.91 Å². The van der Waals surface area contributed by atoms with Crippen molar-refractivity contribution in [3.63, 3.8) is 0 Å². The highest BCUT2D eigenvalue weighted by molar-refractivity contribution is 7.91. The molecule has 19 heavy (non-hydrogen) atoms. The molecule has 1 heterocycles. The van der Waals surface area contributed by atoms with Crippen LogP contribution in [0.5, 0.6) is 0 Å². The maximum Gasteiger partial charge on any atom is 0.227 e. The van der Waals surface area contributed by atoms with Gasteiger partial charge in [0.05, 0.1) is 11.7 Å². The summed E-state index contributed by atoms with van der Waals surface area (Å²) in [5.74, 6) is 0.0109. The van der Waals surface area contributed by atoms with E-state index >= 15 is 0 Å². The van der Waals surface area contributed by atoms with Gasteiger partial charge in [-0.25, -0.2) is 8.42 Å². The fraction of sp³-hybridized carbons (Fsp3) is 0.500. The third-order valence-corrected chi connectivity index (χ3v) is 5.14. The van der Waals surface area contributed by atoms with E-state index in [-0.39, 0.29) is 5.91 Å². The Balaban J connectivity index is 1.99. The number of hydrogen-bond acceptors (Lipinski definition) is 3. The Morgan fingerprint density at radius 3 is 2.74 bits per heavy atom. The zero-order valence-corrected chi connectivity index (χ0v) is 12.1. The minimum atomic E-state index is -3.04. The van der Waals surface area contributed by atoms with E-state index in [0.717, 1.165) is 11.1 Å². The molecule has 1 aliphatic rings. The predicted octanol–water partition coefficient (Wildman–Crippen LogP) is 1.18. The summed E-state index contributed by atoms with van der Waals surface area (Å²) in [6, 6.07) is 7.84. The van der Waals surface area contributed by atoms with Crippen LogP contribution in [-0.4, -0.2) is 43.8 Å². The molecule has 0 radical (unpaired) electrons. The fourth-order valence-corrected chi connectivity index (χ4v) is 3.40. The first-order valence-corrected chi connectivity index (χ1v) is 8.34. The second-order valence-electron chi connectivity index (χ2n) is 5.25. The van der Waals surface area contributed by atoms with Gasteiger partial charge in [0.25, 0.3) is 0 Å². The Labute approximate surface area is 114 Å². The maximum atomic E-state index is 12.1. The Bertz CT molecular complexity index is 580. The molecule has 1 amide bonds. The van der Waals surface area contributed by atoms with Crippen LogP contribution in [0, 0.1) is 6.92 Å². The third-order valence-electron chi connectivity index (χ3n) is 3.54. The fourth-order valence-electron chi connectivity index (χ4n) is 2.41. The molecule has 104 valence electrons. The van der Waals surface area contributed by atoms with Gasteiger partial charge in [0.15, 0.2) is 9.84 Å². The van der Waals surface area contributed by atoms with Crippen LogP contribution in [0.4, 0.5) is 0 Å². The van der Waals surface area contributed by atoms with E-state index in [2.05, 4.69) is 0 Å². The zero-order chi connectivity index (χ0) is 14.0. The highest BCUT2D eigenvalue weighted by Crippen LogP contribution is 2.17. The molecule has 1 atom stereocenters. The van der Waals surface area contributed by atoms with Gasteiger partial charge in [-0.3, -0.25) is 4.79 Å². The number of carbonyl (C=O) groups is 1. The standard InChI is InChI=1S/C14H19NO3S/c1-11-4-3-5-12(8-11)9-14(16)15-7-6-13(10-15)19(2,17)18/h3-5,8,13H,6-7,9-10H2,1-2H3. The maximum absolute atomic E-state index is 12.1. The first-order valence-electron chi connectivity index (χ1n) is 6.38. The van der Waals surface area contributed by atoms with Crippen LogP contribution in [0.1, 0.15) is 17.5 Å². The predicted molar refractivity (Wildman–Crippen MR) is 74.7 cm³/mol. The first-order chi connectivity index (χ1) is 8.86. The summed E-state index contributed by atoms with van der Waals surface area (Å²) in [7, 11) is -3.04. The summed E-state index contributed by atoms with van der Waals surface area (Å²) in [4.78, 5) is 13.8. The molecule has 1 fully saturated rings. The molecule has 0 N–H and O–H groups in total. The number of sulfone groups is 1. The summed E-state index contributed by atoms with van der Waals surface area (Å²) in [5, 5.41) is -0.394. The number of amides is 1. The number of hydrogen-bond donors (Lipinski definition) is 0. The summed E-state index contributed by atoms with van der Waals surface area (Å²) in [6.45, 7) is 2.87. The molecule has 0 aliphatic carbocycles. The highest BCUT2D eigenvalue weighted by atomic mass is 32.2. The minimum Gasteiger partial charge on any atom is -0.341 e. The molecule has 0 saturated carbocycles. The van der Waals surface area contributed by atoms with Crippen molar-refractivity contribution in [2.24, 2.45) is 0 Å². The van der Waals surface area contributed by atoms with Crippen LogP contribution >= 0.6 is 0 Å². The van der Waals surface area contributed by atoms with Crippen molar-refractivity contribution in [3.05, 3.63) is 35.4 Å². The zero-order valence-electron chi connectivity index (χ0n) is 11.3. The van der Waals surface area contributed by atoms with E-state index in [1.165, 1.54) is 6.26 Å². The smallest absolute Gasteiger partial charge is 0.227 e. The van der Waals surface area contributed by atoms with Gasteiger partial charge < -0.3 is 4.90 Å². The average Bonchev–Trinajstić information content (AvgIpc) is 2.77. The average molecular weight is 281 g/mol. The van der Waals surface area contributed by atoms with Crippen molar-refractivity contribution in [1.29, 1.82) is 0 Å². The van der Waals surface area contributed by atoms with Crippen LogP contribution in [0.15, 0.2) is 24.3 Å². The number of likely N-dealkylation sites (tertiary alicyclic amines) is 1. The molecule has 2 rings (SSSR count). The van der Waals surface area contributed by atoms with Gasteiger partial charge >= 0.3 is 0 Å². The molecule has 0 bridgehead atoms. The number of benzene rings is 1. The van der Waals surface area contributed by atoms with Crippen molar-refractivity contribution in [3.8, 4) is 0 Å². The van der Waals surface area contributed by atoms with Crippen LogP contribution in [0.3, 0.4) is 0 Å². The summed E-state index contributed by atoms with van der Waals surface area (Å²) >= 11 is 0. The van der Waals surface area contributed by atoms with Crippen molar-refractivity contribution in [2.45, 2.75) is 25.0 Å². The quantitative estimate of drug-likeness (QED) is 0.836. The Kier molecular flexibility index (Phi) is 3.94. The monoisotopic (exact) mass is 281 g/mol. The Morgan fingerprint density at radius 2 is 2.16 bits per heavy atom. The van der Waals surface area contributed by atoms with E-state index in [4.69, 9.17) is 0 Å². The van der Waals surface area contributed by atoms with Crippen molar-refractivity contribution in [1.82, 2.24) is 4.90 Å². The van der Waals surface area contributed by atoms with Crippen LogP contribution in [0.2, 0.25) is 0 Å². The molecule has 1 aromatic carbocycles. The number of aryl methyl sites for hydroxylation is 1. The van der Waals surface area contributed by atoms with Gasteiger partial charge in [-0.15, -0.1) is 0 Å². The second-order valence-corrected chi connectivity index (χ2v) is 7.57. The van der Waals surface area contributed by atoms with Gasteiger partial charge in [-0.2, -0.15) is 0 Å². The topological polar surface area (TPSA) is 54.5 Å². The number of rotatable bonds is 3. The van der Waals surface area contributed by atoms with E-state index in [1.807, 2.05) is 31.2 Å². The molecule has 0 aromatic heterocycles.